The largest absolute Gasteiger partial charge is 0.300 e. The second kappa shape index (κ2) is 3.85. The van der Waals surface area contributed by atoms with Gasteiger partial charge in [0, 0.05) is 6.42 Å². The molecule has 0 radical (unpaired) electrons. The Balaban J connectivity index is 3.80. The quantitative estimate of drug-likeness (QED) is 0.538. The van der Waals surface area contributed by atoms with Gasteiger partial charge in [-0.3, -0.25) is 25.5 Å². The Morgan fingerprint density at radius 3 is 2.27 bits per heavy atom. The Hall–Kier alpha value is -0.380. The van der Waals surface area contributed by atoms with Crippen LogP contribution in [0.3, 0.4) is 0 Å². The molecule has 5 nitrogen and oxygen atoms in total. The molecule has 1 amide bonds. The van der Waals surface area contributed by atoms with Gasteiger partial charge in [0.15, 0.2) is 0 Å². The fourth-order valence-corrected chi connectivity index (χ4v) is 1.09. The molecule has 11 heavy (non-hydrogen) atoms. The van der Waals surface area contributed by atoms with Crippen molar-refractivity contribution in [2.75, 3.05) is 0 Å². The van der Waals surface area contributed by atoms with E-state index < -0.39 is 7.59 Å². The number of carbonyl (C=O) groups excluding carboxylic acids is 1. The monoisotopic (exact) mass is 179 g/mol. The van der Waals surface area contributed by atoms with Crippen LogP contribution in [-0.2, 0) is 9.36 Å². The number of nitrogens with two attached hydrogens (primary N) is 2. The lowest BCUT2D eigenvalue weighted by atomic mass is 10.1. The lowest BCUT2D eigenvalue weighted by molar-refractivity contribution is -0.120. The molecule has 0 atom stereocenters. The first kappa shape index (κ1) is 10.6. The molecule has 66 valence electrons. The van der Waals surface area contributed by atoms with Gasteiger partial charge in [-0.05, 0) is 5.92 Å². The molecular weight excluding hydrogens is 165 g/mol. The summed E-state index contributed by atoms with van der Waals surface area (Å²) in [6.07, 6.45) is 0.290. The average Bonchev–Trinajstić information content (AvgIpc) is 1.53. The standard InChI is InChI=1S/C5H14N3O2P/c1-4(2)3-5(9)8-11(6,7)10/h4H,3H2,1-2H3,(H5,6,7,8,9,10). The maximum atomic E-state index is 10.8. The van der Waals surface area contributed by atoms with Crippen LogP contribution < -0.4 is 16.1 Å². The number of nitrogens with one attached hydrogen (secondary N) is 1. The van der Waals surface area contributed by atoms with Crippen LogP contribution in [0.2, 0.25) is 0 Å². The van der Waals surface area contributed by atoms with Gasteiger partial charge in [0.05, 0.1) is 0 Å². The number of carbonyl (C=O) groups is 1. The molecule has 0 saturated carbocycles. The van der Waals surface area contributed by atoms with Crippen molar-refractivity contribution < 1.29 is 9.36 Å². The van der Waals surface area contributed by atoms with Crippen LogP contribution in [0, 0.1) is 5.92 Å². The van der Waals surface area contributed by atoms with Crippen molar-refractivity contribution in [1.82, 2.24) is 5.09 Å². The summed E-state index contributed by atoms with van der Waals surface area (Å²) in [6, 6.07) is 0. The van der Waals surface area contributed by atoms with E-state index in [1.165, 1.54) is 0 Å². The number of hydrogen-bond acceptors (Lipinski definition) is 2. The minimum Gasteiger partial charge on any atom is -0.283 e. The van der Waals surface area contributed by atoms with Crippen LogP contribution >= 0.6 is 7.59 Å². The molecule has 0 spiro atoms. The van der Waals surface area contributed by atoms with Crippen molar-refractivity contribution >= 4 is 13.5 Å². The smallest absolute Gasteiger partial charge is 0.283 e. The maximum Gasteiger partial charge on any atom is 0.300 e. The fraction of sp³-hybridized carbons (Fsp3) is 0.800. The van der Waals surface area contributed by atoms with Gasteiger partial charge in [-0.25, -0.2) is 0 Å². The van der Waals surface area contributed by atoms with Gasteiger partial charge in [0.1, 0.15) is 0 Å². The second-order valence-electron chi connectivity index (χ2n) is 2.84. The summed E-state index contributed by atoms with van der Waals surface area (Å²) in [5, 5.41) is 2.02. The van der Waals surface area contributed by atoms with Crippen molar-refractivity contribution in [3.05, 3.63) is 0 Å². The van der Waals surface area contributed by atoms with Crippen molar-refractivity contribution in [1.29, 1.82) is 0 Å². The van der Waals surface area contributed by atoms with Gasteiger partial charge in [0.2, 0.25) is 5.91 Å². The van der Waals surface area contributed by atoms with E-state index in [0.29, 0.717) is 6.42 Å². The maximum absolute atomic E-state index is 10.8. The van der Waals surface area contributed by atoms with E-state index in [4.69, 9.17) is 11.0 Å². The Morgan fingerprint density at radius 1 is 1.55 bits per heavy atom. The van der Waals surface area contributed by atoms with Crippen molar-refractivity contribution in [3.63, 3.8) is 0 Å². The van der Waals surface area contributed by atoms with E-state index in [1.54, 1.807) is 0 Å². The van der Waals surface area contributed by atoms with Gasteiger partial charge in [-0.1, -0.05) is 13.8 Å². The van der Waals surface area contributed by atoms with Gasteiger partial charge in [-0.2, -0.15) is 0 Å². The summed E-state index contributed by atoms with van der Waals surface area (Å²) in [5.41, 5.74) is 9.83. The third-order valence-corrected chi connectivity index (χ3v) is 1.49. The highest BCUT2D eigenvalue weighted by atomic mass is 31.2. The predicted octanol–water partition coefficient (Wildman–Crippen LogP) is 0.174. The zero-order valence-electron chi connectivity index (χ0n) is 6.70. The highest BCUT2D eigenvalue weighted by Crippen LogP contribution is 2.17. The van der Waals surface area contributed by atoms with E-state index in [0.717, 1.165) is 0 Å². The van der Waals surface area contributed by atoms with E-state index in [1.807, 2.05) is 18.9 Å². The molecule has 0 aliphatic rings. The lowest BCUT2D eigenvalue weighted by Crippen LogP contribution is -2.29. The van der Waals surface area contributed by atoms with Gasteiger partial charge in [-0.15, -0.1) is 0 Å². The summed E-state index contributed by atoms with van der Waals surface area (Å²) in [4.78, 5) is 10.8. The first-order chi connectivity index (χ1) is 4.81. The normalized spacial score (nSPS) is 11.7. The van der Waals surface area contributed by atoms with E-state index in [9.17, 15) is 9.36 Å². The molecule has 0 fully saturated rings. The molecule has 0 rings (SSSR count). The molecular formula is C5H14N3O2P. The van der Waals surface area contributed by atoms with Crippen LogP contribution in [0.15, 0.2) is 0 Å². The molecule has 0 saturated heterocycles. The lowest BCUT2D eigenvalue weighted by Gasteiger charge is -2.09. The highest BCUT2D eigenvalue weighted by molar-refractivity contribution is 7.57. The van der Waals surface area contributed by atoms with Gasteiger partial charge >= 0.3 is 0 Å². The summed E-state index contributed by atoms with van der Waals surface area (Å²) in [7, 11) is -3.38. The summed E-state index contributed by atoms with van der Waals surface area (Å²) >= 11 is 0. The Morgan fingerprint density at radius 2 is 2.00 bits per heavy atom. The molecule has 0 aliphatic heterocycles. The summed E-state index contributed by atoms with van der Waals surface area (Å²) in [5.74, 6) is -0.158. The SMILES string of the molecule is CC(C)CC(=O)NP(N)(N)=O. The third-order valence-electron chi connectivity index (χ3n) is 0.893. The van der Waals surface area contributed by atoms with Gasteiger partial charge in [0.25, 0.3) is 7.59 Å². The highest BCUT2D eigenvalue weighted by Gasteiger charge is 2.13. The first-order valence-corrected chi connectivity index (χ1v) is 5.14. The molecule has 6 heteroatoms. The van der Waals surface area contributed by atoms with E-state index >= 15 is 0 Å². The second-order valence-corrected chi connectivity index (χ2v) is 4.48. The van der Waals surface area contributed by atoms with Crippen molar-refractivity contribution in [2.45, 2.75) is 20.3 Å². The Kier molecular flexibility index (Phi) is 3.72. The van der Waals surface area contributed by atoms with Crippen LogP contribution in [-0.4, -0.2) is 5.91 Å². The van der Waals surface area contributed by atoms with Crippen molar-refractivity contribution in [2.24, 2.45) is 16.9 Å². The van der Waals surface area contributed by atoms with Crippen LogP contribution in [0.5, 0.6) is 0 Å². The molecule has 0 aliphatic carbocycles. The molecule has 0 unspecified atom stereocenters. The Bertz CT molecular complexity index is 186. The first-order valence-electron chi connectivity index (χ1n) is 3.29. The number of amides is 1. The molecule has 0 heterocycles. The Labute approximate surface area is 66.0 Å². The van der Waals surface area contributed by atoms with E-state index in [-0.39, 0.29) is 11.8 Å². The van der Waals surface area contributed by atoms with Crippen LogP contribution in [0.1, 0.15) is 20.3 Å². The fourth-order valence-electron chi connectivity index (χ4n) is 0.611. The minimum absolute atomic E-state index is 0.210. The average molecular weight is 179 g/mol. The summed E-state index contributed by atoms with van der Waals surface area (Å²) in [6.45, 7) is 3.75. The predicted molar refractivity (Wildman–Crippen MR) is 43.6 cm³/mol. The van der Waals surface area contributed by atoms with Gasteiger partial charge < -0.3 is 0 Å². The van der Waals surface area contributed by atoms with E-state index in [2.05, 4.69) is 0 Å². The van der Waals surface area contributed by atoms with Crippen LogP contribution in [0.25, 0.3) is 0 Å². The van der Waals surface area contributed by atoms with Crippen LogP contribution in [0.4, 0.5) is 0 Å². The zero-order chi connectivity index (χ0) is 9.07. The topological polar surface area (TPSA) is 98.2 Å². The molecule has 5 N–H and O–H groups in total. The molecule has 0 aromatic rings. The molecule has 0 bridgehead atoms. The molecule has 0 aromatic heterocycles. The number of hydrogen-bond donors (Lipinski definition) is 3. The summed E-state index contributed by atoms with van der Waals surface area (Å²) < 4.78 is 10.6. The zero-order valence-corrected chi connectivity index (χ0v) is 7.60. The van der Waals surface area contributed by atoms with Crippen molar-refractivity contribution in [3.8, 4) is 0 Å². The number of rotatable bonds is 3. The third kappa shape index (κ3) is 7.52. The molecule has 0 aromatic carbocycles. The minimum atomic E-state index is -3.38.